The van der Waals surface area contributed by atoms with Gasteiger partial charge in [-0.3, -0.25) is 4.68 Å². The van der Waals surface area contributed by atoms with Crippen LogP contribution in [0.15, 0.2) is 66.1 Å². The van der Waals surface area contributed by atoms with Crippen LogP contribution in [0.5, 0.6) is 0 Å². The lowest BCUT2D eigenvalue weighted by molar-refractivity contribution is 0.318. The molecule has 0 radical (unpaired) electrons. The van der Waals surface area contributed by atoms with Crippen molar-refractivity contribution in [2.75, 3.05) is 0 Å². The molecule has 0 atom stereocenters. The van der Waals surface area contributed by atoms with Gasteiger partial charge in [0.15, 0.2) is 5.65 Å². The lowest BCUT2D eigenvalue weighted by atomic mass is 9.78. The number of hydrogen-bond donors (Lipinski definition) is 0. The fourth-order valence-corrected chi connectivity index (χ4v) is 6.25. The van der Waals surface area contributed by atoms with Gasteiger partial charge in [0, 0.05) is 42.2 Å². The van der Waals surface area contributed by atoms with Crippen molar-refractivity contribution in [2.45, 2.75) is 49.8 Å². The minimum Gasteiger partial charge on any atom is -0.275 e. The van der Waals surface area contributed by atoms with Gasteiger partial charge in [-0.1, -0.05) is 31.5 Å². The fourth-order valence-electron chi connectivity index (χ4n) is 4.90. The van der Waals surface area contributed by atoms with Gasteiger partial charge in [-0.15, -0.1) is 0 Å². The van der Waals surface area contributed by atoms with Gasteiger partial charge in [-0.2, -0.15) is 5.10 Å². The van der Waals surface area contributed by atoms with E-state index in [4.69, 9.17) is 4.98 Å². The smallest absolute Gasteiger partial charge is 0.269 e. The lowest BCUT2D eigenvalue weighted by Gasteiger charge is -2.27. The molecule has 6 nitrogen and oxygen atoms in total. The molecular weight excluding hydrogens is 420 g/mol. The van der Waals surface area contributed by atoms with Crippen molar-refractivity contribution < 1.29 is 8.42 Å². The van der Waals surface area contributed by atoms with E-state index in [-0.39, 0.29) is 4.90 Å². The highest BCUT2D eigenvalue weighted by molar-refractivity contribution is 7.90. The third kappa shape index (κ3) is 3.64. The summed E-state index contributed by atoms with van der Waals surface area (Å²) in [6, 6.07) is 10.7. The maximum Gasteiger partial charge on any atom is 0.269 e. The molecule has 7 heteroatoms. The fraction of sp³-hybridized carbons (Fsp3) is 0.360. The third-order valence-electron chi connectivity index (χ3n) is 6.84. The molecule has 3 heterocycles. The Balaban J connectivity index is 1.65. The molecule has 0 unspecified atom stereocenters. The van der Waals surface area contributed by atoms with Crippen LogP contribution in [0, 0.1) is 5.92 Å². The van der Waals surface area contributed by atoms with Gasteiger partial charge < -0.3 is 0 Å². The standard InChI is InChI=1S/C25H28N4O2S/c1-3-18-9-11-19(12-10-18)20-13-23-24(21-15-27-28(2)16-21)17-29(25(23)26-14-20)32(30,31)22-7-5-4-6-8-22/h4-8,13-19H,3,9-12H2,1-2H3. The summed E-state index contributed by atoms with van der Waals surface area (Å²) >= 11 is 0. The van der Waals surface area contributed by atoms with E-state index in [0.717, 1.165) is 35.3 Å². The van der Waals surface area contributed by atoms with Crippen molar-refractivity contribution >= 4 is 21.1 Å². The maximum absolute atomic E-state index is 13.5. The second-order valence-corrected chi connectivity index (χ2v) is 10.6. The normalized spacial score (nSPS) is 19.4. The van der Waals surface area contributed by atoms with Crippen LogP contribution >= 0.6 is 0 Å². The first kappa shape index (κ1) is 20.9. The van der Waals surface area contributed by atoms with Gasteiger partial charge in [0.25, 0.3) is 10.0 Å². The van der Waals surface area contributed by atoms with E-state index in [1.807, 2.05) is 25.5 Å². The van der Waals surface area contributed by atoms with Crippen molar-refractivity contribution in [1.82, 2.24) is 18.7 Å². The second kappa shape index (κ2) is 8.20. The Morgan fingerprint density at radius 1 is 1.03 bits per heavy atom. The van der Waals surface area contributed by atoms with E-state index >= 15 is 0 Å². The first-order valence-electron chi connectivity index (χ1n) is 11.3. The summed E-state index contributed by atoms with van der Waals surface area (Å²) in [5.74, 6) is 1.30. The molecule has 3 aromatic heterocycles. The number of aromatic nitrogens is 4. The Morgan fingerprint density at radius 2 is 1.78 bits per heavy atom. The van der Waals surface area contributed by atoms with E-state index in [0.29, 0.717) is 11.6 Å². The van der Waals surface area contributed by atoms with Crippen molar-refractivity contribution in [3.63, 3.8) is 0 Å². The number of benzene rings is 1. The predicted molar refractivity (Wildman–Crippen MR) is 126 cm³/mol. The average molecular weight is 449 g/mol. The minimum absolute atomic E-state index is 0.249. The van der Waals surface area contributed by atoms with E-state index in [1.54, 1.807) is 41.3 Å². The van der Waals surface area contributed by atoms with Gasteiger partial charge in [-0.25, -0.2) is 17.4 Å². The third-order valence-corrected chi connectivity index (χ3v) is 8.51. The molecule has 0 bridgehead atoms. The van der Waals surface area contributed by atoms with E-state index in [1.165, 1.54) is 28.8 Å². The van der Waals surface area contributed by atoms with Crippen molar-refractivity contribution in [1.29, 1.82) is 0 Å². The number of rotatable bonds is 5. The first-order valence-corrected chi connectivity index (χ1v) is 12.7. The number of pyridine rings is 1. The van der Waals surface area contributed by atoms with Crippen LogP contribution in [0.2, 0.25) is 0 Å². The molecule has 0 spiro atoms. The zero-order valence-electron chi connectivity index (χ0n) is 18.5. The first-order chi connectivity index (χ1) is 15.5. The Morgan fingerprint density at radius 3 is 2.44 bits per heavy atom. The van der Waals surface area contributed by atoms with Gasteiger partial charge >= 0.3 is 0 Å². The molecule has 0 saturated heterocycles. The molecule has 0 N–H and O–H groups in total. The molecule has 32 heavy (non-hydrogen) atoms. The summed E-state index contributed by atoms with van der Waals surface area (Å²) in [6.45, 7) is 2.27. The quantitative estimate of drug-likeness (QED) is 0.412. The zero-order valence-corrected chi connectivity index (χ0v) is 19.3. The molecule has 166 valence electrons. The number of hydrogen-bond acceptors (Lipinski definition) is 4. The molecule has 1 aliphatic carbocycles. The predicted octanol–water partition coefficient (Wildman–Crippen LogP) is 5.36. The Kier molecular flexibility index (Phi) is 5.37. The molecule has 0 amide bonds. The summed E-state index contributed by atoms with van der Waals surface area (Å²) < 4.78 is 30.0. The van der Waals surface area contributed by atoms with Gasteiger partial charge in [0.1, 0.15) is 0 Å². The zero-order chi connectivity index (χ0) is 22.3. The number of nitrogens with zero attached hydrogens (tertiary/aromatic N) is 4. The Bertz CT molecular complexity index is 1350. The summed E-state index contributed by atoms with van der Waals surface area (Å²) in [4.78, 5) is 4.95. The van der Waals surface area contributed by atoms with E-state index in [9.17, 15) is 8.42 Å². The summed E-state index contributed by atoms with van der Waals surface area (Å²) in [7, 11) is -1.91. The van der Waals surface area contributed by atoms with Gasteiger partial charge in [-0.05, 0) is 61.3 Å². The van der Waals surface area contributed by atoms with Crippen LogP contribution in [0.3, 0.4) is 0 Å². The molecule has 4 aromatic rings. The lowest BCUT2D eigenvalue weighted by Crippen LogP contribution is -2.14. The highest BCUT2D eigenvalue weighted by Gasteiger charge is 2.26. The van der Waals surface area contributed by atoms with Crippen molar-refractivity contribution in [3.8, 4) is 11.1 Å². The summed E-state index contributed by atoms with van der Waals surface area (Å²) in [5, 5.41) is 5.15. The van der Waals surface area contributed by atoms with Crippen molar-refractivity contribution in [2.24, 2.45) is 13.0 Å². The highest BCUT2D eigenvalue weighted by Crippen LogP contribution is 2.39. The van der Waals surface area contributed by atoms with E-state index in [2.05, 4.69) is 18.1 Å². The van der Waals surface area contributed by atoms with Crippen LogP contribution in [0.25, 0.3) is 22.2 Å². The molecular formula is C25H28N4O2S. The number of aryl methyl sites for hydroxylation is 1. The molecule has 1 aliphatic rings. The highest BCUT2D eigenvalue weighted by atomic mass is 32.2. The number of fused-ring (bicyclic) bond motifs is 1. The SMILES string of the molecule is CCC1CCC(c2cnc3c(c2)c(-c2cnn(C)c2)cn3S(=O)(=O)c2ccccc2)CC1. The van der Waals surface area contributed by atoms with Crippen LogP contribution in [0.1, 0.15) is 50.5 Å². The van der Waals surface area contributed by atoms with Crippen LogP contribution < -0.4 is 0 Å². The van der Waals surface area contributed by atoms with Gasteiger partial charge in [0.2, 0.25) is 0 Å². The largest absolute Gasteiger partial charge is 0.275 e. The van der Waals surface area contributed by atoms with Crippen LogP contribution in [0.4, 0.5) is 0 Å². The van der Waals surface area contributed by atoms with Crippen LogP contribution in [-0.4, -0.2) is 27.2 Å². The Labute approximate surface area is 189 Å². The molecule has 1 aromatic carbocycles. The van der Waals surface area contributed by atoms with Crippen molar-refractivity contribution in [3.05, 3.63) is 66.7 Å². The monoisotopic (exact) mass is 448 g/mol. The second-order valence-electron chi connectivity index (χ2n) is 8.83. The average Bonchev–Trinajstić information content (AvgIpc) is 3.43. The molecule has 1 fully saturated rings. The van der Waals surface area contributed by atoms with Gasteiger partial charge in [0.05, 0.1) is 11.1 Å². The maximum atomic E-state index is 13.5. The summed E-state index contributed by atoms with van der Waals surface area (Å²) in [5.41, 5.74) is 3.38. The topological polar surface area (TPSA) is 69.8 Å². The molecule has 1 saturated carbocycles. The van der Waals surface area contributed by atoms with E-state index < -0.39 is 10.0 Å². The molecule has 0 aliphatic heterocycles. The Hall–Kier alpha value is -2.93. The van der Waals surface area contributed by atoms with Crippen LogP contribution in [-0.2, 0) is 17.1 Å². The molecule has 5 rings (SSSR count). The summed E-state index contributed by atoms with van der Waals surface area (Å²) in [6.07, 6.45) is 13.3. The minimum atomic E-state index is -3.77.